The van der Waals surface area contributed by atoms with Gasteiger partial charge < -0.3 is 14.8 Å². The summed E-state index contributed by atoms with van der Waals surface area (Å²) in [5, 5.41) is 3.18. The van der Waals surface area contributed by atoms with Crippen molar-refractivity contribution in [2.24, 2.45) is 0 Å². The zero-order valence-electron chi connectivity index (χ0n) is 8.22. The molecule has 0 aliphatic rings. The van der Waals surface area contributed by atoms with Crippen LogP contribution in [0.2, 0.25) is 0 Å². The molecule has 0 saturated heterocycles. The van der Waals surface area contributed by atoms with Gasteiger partial charge in [-0.3, -0.25) is 0 Å². The van der Waals surface area contributed by atoms with E-state index in [4.69, 9.17) is 9.47 Å². The first-order chi connectivity index (χ1) is 5.81. The molecule has 0 aromatic rings. The fraction of sp³-hybridized carbons (Fsp3) is 0.778. The van der Waals surface area contributed by atoms with Gasteiger partial charge in [-0.1, -0.05) is 0 Å². The maximum absolute atomic E-state index is 5.15. The number of nitrogens with one attached hydrogen (secondary N) is 1. The topological polar surface area (TPSA) is 30.5 Å². The van der Waals surface area contributed by atoms with E-state index in [1.807, 2.05) is 19.9 Å². The lowest BCUT2D eigenvalue weighted by Gasteiger charge is -2.03. The Hall–Kier alpha value is -0.540. The van der Waals surface area contributed by atoms with Crippen molar-refractivity contribution in [3.05, 3.63) is 11.8 Å². The molecule has 3 nitrogen and oxygen atoms in total. The van der Waals surface area contributed by atoms with Gasteiger partial charge in [0.25, 0.3) is 0 Å². The van der Waals surface area contributed by atoms with Crippen LogP contribution in [0, 0.1) is 0 Å². The van der Waals surface area contributed by atoms with Crippen molar-refractivity contribution in [2.75, 3.05) is 26.6 Å². The molecule has 0 aliphatic carbocycles. The summed E-state index contributed by atoms with van der Waals surface area (Å²) in [5.74, 6) is 0. The third kappa shape index (κ3) is 7.57. The molecule has 3 heteroatoms. The lowest BCUT2D eigenvalue weighted by Crippen LogP contribution is -2.10. The Kier molecular flexibility index (Phi) is 8.17. The summed E-state index contributed by atoms with van der Waals surface area (Å²) in [4.78, 5) is 0. The van der Waals surface area contributed by atoms with Gasteiger partial charge in [-0.25, -0.2) is 0 Å². The maximum atomic E-state index is 5.15. The summed E-state index contributed by atoms with van der Waals surface area (Å²) in [7, 11) is 0. The Labute approximate surface area is 74.7 Å². The predicted molar refractivity (Wildman–Crippen MR) is 49.9 cm³/mol. The Morgan fingerprint density at radius 3 is 2.67 bits per heavy atom. The Bertz CT molecular complexity index is 124. The third-order valence-electron chi connectivity index (χ3n) is 1.33. The first-order valence-corrected chi connectivity index (χ1v) is 4.37. The van der Waals surface area contributed by atoms with E-state index in [9.17, 15) is 0 Å². The van der Waals surface area contributed by atoms with Crippen molar-refractivity contribution >= 4 is 0 Å². The molecule has 0 heterocycles. The molecule has 0 unspecified atom stereocenters. The number of rotatable bonds is 7. The average molecular weight is 173 g/mol. The molecule has 0 radical (unpaired) electrons. The minimum Gasteiger partial charge on any atom is -0.389 e. The molecule has 0 rings (SSSR count). The molecule has 12 heavy (non-hydrogen) atoms. The van der Waals surface area contributed by atoms with E-state index in [2.05, 4.69) is 12.2 Å². The van der Waals surface area contributed by atoms with Crippen LogP contribution in [0.25, 0.3) is 0 Å². The van der Waals surface area contributed by atoms with Crippen molar-refractivity contribution in [3.8, 4) is 0 Å². The molecular formula is C9H19NO2. The summed E-state index contributed by atoms with van der Waals surface area (Å²) in [6.45, 7) is 8.68. The molecule has 0 saturated carbocycles. The quantitative estimate of drug-likeness (QED) is 0.467. The number of hydrogen-bond acceptors (Lipinski definition) is 3. The van der Waals surface area contributed by atoms with Gasteiger partial charge in [0.2, 0.25) is 0 Å². The molecule has 0 spiro atoms. The second-order valence-corrected chi connectivity index (χ2v) is 2.40. The molecule has 0 atom stereocenters. The van der Waals surface area contributed by atoms with Gasteiger partial charge in [0.05, 0.1) is 6.61 Å². The molecule has 0 bridgehead atoms. The van der Waals surface area contributed by atoms with Crippen molar-refractivity contribution in [1.82, 2.24) is 5.32 Å². The van der Waals surface area contributed by atoms with Gasteiger partial charge in [0.15, 0.2) is 0 Å². The number of hydrogen-bond donors (Lipinski definition) is 1. The number of allylic oxidation sites excluding steroid dienone is 1. The maximum Gasteiger partial charge on any atom is 0.147 e. The SMILES string of the molecule is CCN/C(C)=C/COCOCC. The molecule has 0 aromatic carbocycles. The smallest absolute Gasteiger partial charge is 0.147 e. The van der Waals surface area contributed by atoms with Crippen LogP contribution in [-0.4, -0.2) is 26.6 Å². The van der Waals surface area contributed by atoms with Crippen LogP contribution in [0.15, 0.2) is 11.8 Å². The van der Waals surface area contributed by atoms with Crippen molar-refractivity contribution in [1.29, 1.82) is 0 Å². The Morgan fingerprint density at radius 2 is 2.08 bits per heavy atom. The highest BCUT2D eigenvalue weighted by atomic mass is 16.7. The molecule has 1 N–H and O–H groups in total. The highest BCUT2D eigenvalue weighted by molar-refractivity contribution is 4.94. The average Bonchev–Trinajstić information content (AvgIpc) is 2.05. The van der Waals surface area contributed by atoms with Crippen LogP contribution in [-0.2, 0) is 9.47 Å². The summed E-state index contributed by atoms with van der Waals surface area (Å²) < 4.78 is 10.2. The fourth-order valence-corrected chi connectivity index (χ4v) is 0.725. The van der Waals surface area contributed by atoms with Crippen LogP contribution in [0.4, 0.5) is 0 Å². The molecule has 0 aliphatic heterocycles. The number of ether oxygens (including phenoxy) is 2. The van der Waals surface area contributed by atoms with Gasteiger partial charge in [-0.05, 0) is 26.8 Å². The van der Waals surface area contributed by atoms with Crippen LogP contribution in [0.3, 0.4) is 0 Å². The minimum absolute atomic E-state index is 0.381. The van der Waals surface area contributed by atoms with E-state index in [0.717, 1.165) is 12.2 Å². The Balaban J connectivity index is 3.21. The lowest BCUT2D eigenvalue weighted by molar-refractivity contribution is -0.0391. The van der Waals surface area contributed by atoms with Gasteiger partial charge in [0, 0.05) is 18.8 Å². The van der Waals surface area contributed by atoms with E-state index in [-0.39, 0.29) is 0 Å². The van der Waals surface area contributed by atoms with E-state index < -0.39 is 0 Å². The zero-order chi connectivity index (χ0) is 9.23. The highest BCUT2D eigenvalue weighted by Crippen LogP contribution is 1.86. The van der Waals surface area contributed by atoms with Crippen LogP contribution in [0.1, 0.15) is 20.8 Å². The van der Waals surface area contributed by atoms with E-state index in [1.54, 1.807) is 0 Å². The summed E-state index contributed by atoms with van der Waals surface area (Å²) in [6, 6.07) is 0. The fourth-order valence-electron chi connectivity index (χ4n) is 0.725. The summed E-state index contributed by atoms with van der Waals surface area (Å²) >= 11 is 0. The first kappa shape index (κ1) is 11.5. The zero-order valence-corrected chi connectivity index (χ0v) is 8.22. The summed E-state index contributed by atoms with van der Waals surface area (Å²) in [6.07, 6.45) is 2.00. The van der Waals surface area contributed by atoms with Crippen LogP contribution in [0.5, 0.6) is 0 Å². The molecule has 0 aromatic heterocycles. The highest BCUT2D eigenvalue weighted by Gasteiger charge is 1.85. The Morgan fingerprint density at radius 1 is 1.33 bits per heavy atom. The van der Waals surface area contributed by atoms with Gasteiger partial charge >= 0.3 is 0 Å². The largest absolute Gasteiger partial charge is 0.389 e. The van der Waals surface area contributed by atoms with Gasteiger partial charge in [-0.2, -0.15) is 0 Å². The first-order valence-electron chi connectivity index (χ1n) is 4.37. The van der Waals surface area contributed by atoms with E-state index in [1.165, 1.54) is 0 Å². The monoisotopic (exact) mass is 173 g/mol. The van der Waals surface area contributed by atoms with E-state index in [0.29, 0.717) is 20.0 Å². The van der Waals surface area contributed by atoms with Crippen LogP contribution < -0.4 is 5.32 Å². The third-order valence-corrected chi connectivity index (χ3v) is 1.33. The molecular weight excluding hydrogens is 154 g/mol. The second-order valence-electron chi connectivity index (χ2n) is 2.40. The molecule has 72 valence electrons. The predicted octanol–water partition coefficient (Wildman–Crippen LogP) is 1.51. The minimum atomic E-state index is 0.381. The lowest BCUT2D eigenvalue weighted by atomic mass is 10.4. The normalized spacial score (nSPS) is 11.8. The van der Waals surface area contributed by atoms with Gasteiger partial charge in [0.1, 0.15) is 6.79 Å². The van der Waals surface area contributed by atoms with E-state index >= 15 is 0 Å². The second kappa shape index (κ2) is 8.56. The molecule has 0 amide bonds. The van der Waals surface area contributed by atoms with Crippen molar-refractivity contribution in [3.63, 3.8) is 0 Å². The molecule has 0 fully saturated rings. The van der Waals surface area contributed by atoms with Crippen molar-refractivity contribution < 1.29 is 9.47 Å². The van der Waals surface area contributed by atoms with Crippen LogP contribution >= 0.6 is 0 Å². The summed E-state index contributed by atoms with van der Waals surface area (Å²) in [5.41, 5.74) is 1.15. The standard InChI is InChI=1S/C9H19NO2/c1-4-10-9(3)6-7-12-8-11-5-2/h6,10H,4-5,7-8H2,1-3H3/b9-6+. The van der Waals surface area contributed by atoms with Crippen molar-refractivity contribution in [2.45, 2.75) is 20.8 Å². The van der Waals surface area contributed by atoms with Gasteiger partial charge in [-0.15, -0.1) is 0 Å².